The van der Waals surface area contributed by atoms with Gasteiger partial charge in [-0.15, -0.1) is 11.3 Å². The van der Waals surface area contributed by atoms with Crippen LogP contribution in [0.25, 0.3) is 4.96 Å². The zero-order valence-electron chi connectivity index (χ0n) is 12.6. The molecule has 1 aliphatic rings. The Morgan fingerprint density at radius 2 is 2.25 bits per heavy atom. The zero-order chi connectivity index (χ0) is 14.1. The minimum absolute atomic E-state index is 0.746. The molecule has 2 aromatic heterocycles. The van der Waals surface area contributed by atoms with E-state index < -0.39 is 0 Å². The van der Waals surface area contributed by atoms with E-state index in [1.165, 1.54) is 17.9 Å². The molecular weight excluding hydrogens is 268 g/mol. The van der Waals surface area contributed by atoms with Crippen LogP contribution < -0.4 is 10.2 Å². The van der Waals surface area contributed by atoms with Gasteiger partial charge in [-0.25, -0.2) is 4.98 Å². The number of piperidine rings is 1. The van der Waals surface area contributed by atoms with Gasteiger partial charge in [-0.1, -0.05) is 20.8 Å². The van der Waals surface area contributed by atoms with Gasteiger partial charge in [0.2, 0.25) is 0 Å². The van der Waals surface area contributed by atoms with Crippen molar-refractivity contribution in [3.63, 3.8) is 0 Å². The quantitative estimate of drug-likeness (QED) is 0.940. The largest absolute Gasteiger partial charge is 0.355 e. The Bertz CT molecular complexity index is 573. The number of nitrogens with zero attached hydrogens (tertiary/aromatic N) is 3. The summed E-state index contributed by atoms with van der Waals surface area (Å²) in [6, 6.07) is 0. The van der Waals surface area contributed by atoms with Crippen molar-refractivity contribution in [3.8, 4) is 0 Å². The molecule has 0 radical (unpaired) electrons. The summed E-state index contributed by atoms with van der Waals surface area (Å²) < 4.78 is 2.24. The van der Waals surface area contributed by atoms with Gasteiger partial charge in [0.1, 0.15) is 0 Å². The van der Waals surface area contributed by atoms with Gasteiger partial charge >= 0.3 is 0 Å². The first-order chi connectivity index (χ1) is 9.70. The molecule has 2 aromatic rings. The molecule has 4 nitrogen and oxygen atoms in total. The van der Waals surface area contributed by atoms with Crippen molar-refractivity contribution in [2.45, 2.75) is 33.7 Å². The van der Waals surface area contributed by atoms with Crippen LogP contribution in [0.3, 0.4) is 0 Å². The van der Waals surface area contributed by atoms with Crippen LogP contribution in [0, 0.1) is 11.8 Å². The molecule has 0 bridgehead atoms. The molecule has 0 aliphatic carbocycles. The number of thiazole rings is 1. The normalized spacial score (nSPS) is 23.6. The van der Waals surface area contributed by atoms with Crippen LogP contribution in [0.5, 0.6) is 0 Å². The van der Waals surface area contributed by atoms with E-state index in [4.69, 9.17) is 4.98 Å². The summed E-state index contributed by atoms with van der Waals surface area (Å²) in [7, 11) is 0. The molecule has 3 heterocycles. The number of fused-ring (bicyclic) bond motifs is 1. The smallest absolute Gasteiger partial charge is 0.195 e. The first-order valence-corrected chi connectivity index (χ1v) is 8.48. The van der Waals surface area contributed by atoms with E-state index in [0.717, 1.165) is 43.0 Å². The Balaban J connectivity index is 1.91. The monoisotopic (exact) mass is 292 g/mol. The Morgan fingerprint density at radius 3 is 3.00 bits per heavy atom. The van der Waals surface area contributed by atoms with E-state index in [2.05, 4.69) is 47.0 Å². The summed E-state index contributed by atoms with van der Waals surface area (Å²) in [5, 5.41) is 5.56. The van der Waals surface area contributed by atoms with Crippen LogP contribution in [-0.4, -0.2) is 29.0 Å². The van der Waals surface area contributed by atoms with E-state index >= 15 is 0 Å². The third kappa shape index (κ3) is 2.44. The SMILES string of the molecule is CCNCc1c(N2CCC(C)C(C)C2)nc2sccn12. The van der Waals surface area contributed by atoms with Crippen LogP contribution in [0.4, 0.5) is 5.82 Å². The lowest BCUT2D eigenvalue weighted by Crippen LogP contribution is -2.39. The lowest BCUT2D eigenvalue weighted by atomic mass is 9.89. The fourth-order valence-corrected chi connectivity index (χ4v) is 3.67. The fraction of sp³-hybridized carbons (Fsp3) is 0.667. The maximum atomic E-state index is 4.88. The molecule has 1 fully saturated rings. The minimum atomic E-state index is 0.746. The molecule has 0 aromatic carbocycles. The van der Waals surface area contributed by atoms with Gasteiger partial charge in [0, 0.05) is 31.2 Å². The van der Waals surface area contributed by atoms with Crippen molar-refractivity contribution < 1.29 is 0 Å². The highest BCUT2D eigenvalue weighted by atomic mass is 32.1. The van der Waals surface area contributed by atoms with Crippen LogP contribution >= 0.6 is 11.3 Å². The maximum Gasteiger partial charge on any atom is 0.195 e. The molecule has 110 valence electrons. The predicted octanol–water partition coefficient (Wildman–Crippen LogP) is 2.99. The van der Waals surface area contributed by atoms with Crippen LogP contribution in [0.15, 0.2) is 11.6 Å². The molecule has 5 heteroatoms. The van der Waals surface area contributed by atoms with Gasteiger partial charge in [-0.05, 0) is 24.8 Å². The lowest BCUT2D eigenvalue weighted by molar-refractivity contribution is 0.322. The molecule has 3 rings (SSSR count). The summed E-state index contributed by atoms with van der Waals surface area (Å²) in [5.74, 6) is 2.76. The van der Waals surface area contributed by atoms with Crippen LogP contribution in [0.2, 0.25) is 0 Å². The molecule has 1 saturated heterocycles. The summed E-state index contributed by atoms with van der Waals surface area (Å²) >= 11 is 1.72. The summed E-state index contributed by atoms with van der Waals surface area (Å²) in [5.41, 5.74) is 1.31. The molecule has 2 atom stereocenters. The third-order valence-electron chi connectivity index (χ3n) is 4.52. The second-order valence-electron chi connectivity index (χ2n) is 5.91. The Kier molecular flexibility index (Phi) is 3.98. The highest BCUT2D eigenvalue weighted by molar-refractivity contribution is 7.15. The van der Waals surface area contributed by atoms with Gasteiger partial charge in [-0.3, -0.25) is 4.40 Å². The van der Waals surface area contributed by atoms with Gasteiger partial charge in [0.25, 0.3) is 0 Å². The molecule has 0 saturated carbocycles. The summed E-state index contributed by atoms with van der Waals surface area (Å²) in [6.45, 7) is 11.0. The van der Waals surface area contributed by atoms with E-state index in [9.17, 15) is 0 Å². The first-order valence-electron chi connectivity index (χ1n) is 7.60. The van der Waals surface area contributed by atoms with Gasteiger partial charge < -0.3 is 10.2 Å². The molecule has 0 spiro atoms. The van der Waals surface area contributed by atoms with Gasteiger partial charge in [0.15, 0.2) is 10.8 Å². The fourth-order valence-electron chi connectivity index (χ4n) is 2.94. The number of rotatable bonds is 4. The number of hydrogen-bond acceptors (Lipinski definition) is 4. The van der Waals surface area contributed by atoms with Crippen molar-refractivity contribution in [2.24, 2.45) is 11.8 Å². The van der Waals surface area contributed by atoms with E-state index in [-0.39, 0.29) is 0 Å². The van der Waals surface area contributed by atoms with Crippen molar-refractivity contribution in [2.75, 3.05) is 24.5 Å². The number of nitrogens with one attached hydrogen (secondary N) is 1. The Hall–Kier alpha value is -1.07. The average molecular weight is 292 g/mol. The van der Waals surface area contributed by atoms with Crippen molar-refractivity contribution in [1.29, 1.82) is 0 Å². The predicted molar refractivity (Wildman–Crippen MR) is 85.6 cm³/mol. The van der Waals surface area contributed by atoms with E-state index in [0.29, 0.717) is 0 Å². The summed E-state index contributed by atoms with van der Waals surface area (Å²) in [4.78, 5) is 8.47. The molecular formula is C15H24N4S. The molecule has 20 heavy (non-hydrogen) atoms. The summed E-state index contributed by atoms with van der Waals surface area (Å²) in [6.07, 6.45) is 3.41. The number of imidazole rings is 1. The first kappa shape index (κ1) is 13.9. The van der Waals surface area contributed by atoms with E-state index in [1.807, 2.05) is 0 Å². The highest BCUT2D eigenvalue weighted by Crippen LogP contribution is 2.30. The van der Waals surface area contributed by atoms with Gasteiger partial charge in [0.05, 0.1) is 5.69 Å². The molecule has 1 aliphatic heterocycles. The van der Waals surface area contributed by atoms with Crippen LogP contribution in [-0.2, 0) is 6.54 Å². The Morgan fingerprint density at radius 1 is 1.40 bits per heavy atom. The van der Waals surface area contributed by atoms with Crippen LogP contribution in [0.1, 0.15) is 32.9 Å². The number of hydrogen-bond donors (Lipinski definition) is 1. The number of anilines is 1. The standard InChI is InChI=1S/C15H24N4S/c1-4-16-9-13-14(17-15-19(13)7-8-20-15)18-6-5-11(2)12(3)10-18/h7-8,11-12,16H,4-6,9-10H2,1-3H3. The average Bonchev–Trinajstić information content (AvgIpc) is 3.00. The minimum Gasteiger partial charge on any atom is -0.355 e. The molecule has 1 N–H and O–H groups in total. The Labute approximate surface area is 124 Å². The number of aromatic nitrogens is 2. The maximum absolute atomic E-state index is 4.88. The van der Waals surface area contributed by atoms with Crippen molar-refractivity contribution in [1.82, 2.24) is 14.7 Å². The highest BCUT2D eigenvalue weighted by Gasteiger charge is 2.26. The molecule has 0 amide bonds. The second-order valence-corrected chi connectivity index (χ2v) is 6.78. The second kappa shape index (κ2) is 5.74. The molecule has 2 unspecified atom stereocenters. The lowest BCUT2D eigenvalue weighted by Gasteiger charge is -2.36. The topological polar surface area (TPSA) is 32.6 Å². The van der Waals surface area contributed by atoms with E-state index in [1.54, 1.807) is 11.3 Å². The van der Waals surface area contributed by atoms with Gasteiger partial charge in [-0.2, -0.15) is 0 Å². The third-order valence-corrected chi connectivity index (χ3v) is 5.27. The van der Waals surface area contributed by atoms with Crippen molar-refractivity contribution >= 4 is 22.1 Å². The van der Waals surface area contributed by atoms with Crippen molar-refractivity contribution in [3.05, 3.63) is 17.3 Å². The zero-order valence-corrected chi connectivity index (χ0v) is 13.4.